The molecule has 1 heterocycles. The maximum absolute atomic E-state index is 12.9. The third-order valence-corrected chi connectivity index (χ3v) is 6.59. The van der Waals surface area contributed by atoms with Crippen molar-refractivity contribution in [3.63, 3.8) is 0 Å². The van der Waals surface area contributed by atoms with Crippen molar-refractivity contribution >= 4 is 21.6 Å². The van der Waals surface area contributed by atoms with Gasteiger partial charge in [0.2, 0.25) is 10.0 Å². The lowest BCUT2D eigenvalue weighted by Crippen LogP contribution is -2.47. The van der Waals surface area contributed by atoms with E-state index < -0.39 is 10.0 Å². The molecular weight excluding hydrogens is 376 g/mol. The van der Waals surface area contributed by atoms with Crippen LogP contribution in [-0.2, 0) is 16.4 Å². The largest absolute Gasteiger partial charge is 0.322 e. The number of sulfonamides is 1. The fourth-order valence-corrected chi connectivity index (χ4v) is 4.44. The molecule has 1 N–H and O–H groups in total. The first-order valence-electron chi connectivity index (χ1n) is 8.96. The van der Waals surface area contributed by atoms with Crippen molar-refractivity contribution in [1.82, 2.24) is 9.21 Å². The number of benzene rings is 2. The molecule has 0 spiro atoms. The second-order valence-electron chi connectivity index (χ2n) is 6.72. The quantitative estimate of drug-likeness (QED) is 0.831. The zero-order valence-electron chi connectivity index (χ0n) is 15.6. The van der Waals surface area contributed by atoms with Gasteiger partial charge in [-0.25, -0.2) is 8.42 Å². The monoisotopic (exact) mass is 398 g/mol. The number of piperazine rings is 1. The van der Waals surface area contributed by atoms with Gasteiger partial charge in [-0.05, 0) is 42.9 Å². The number of carbonyl (C=O) groups excluding carboxylic acids is 1. The van der Waals surface area contributed by atoms with Crippen LogP contribution < -0.4 is 5.32 Å². The Bertz CT molecular complexity index is 989. The summed E-state index contributed by atoms with van der Waals surface area (Å²) in [4.78, 5) is 14.7. The summed E-state index contributed by atoms with van der Waals surface area (Å²) in [6.45, 7) is 2.23. The molecule has 0 unspecified atom stereocenters. The Hall–Kier alpha value is -2.73. The minimum Gasteiger partial charge on any atom is -0.322 e. The number of carbonyl (C=O) groups is 1. The number of nitrogens with one attached hydrogen (secondary N) is 1. The van der Waals surface area contributed by atoms with Crippen molar-refractivity contribution in [3.8, 4) is 6.07 Å². The fraction of sp³-hybridized carbons (Fsp3) is 0.300. The Morgan fingerprint density at radius 3 is 2.43 bits per heavy atom. The van der Waals surface area contributed by atoms with Crippen molar-refractivity contribution in [3.05, 3.63) is 59.7 Å². The molecule has 0 radical (unpaired) electrons. The van der Waals surface area contributed by atoms with Crippen LogP contribution in [0.4, 0.5) is 5.69 Å². The molecule has 0 aliphatic carbocycles. The summed E-state index contributed by atoms with van der Waals surface area (Å²) in [5, 5.41) is 11.5. The molecule has 1 aliphatic rings. The van der Waals surface area contributed by atoms with Gasteiger partial charge in [0.1, 0.15) is 0 Å². The Kier molecular flexibility index (Phi) is 6.09. The predicted octanol–water partition coefficient (Wildman–Crippen LogP) is 1.94. The summed E-state index contributed by atoms with van der Waals surface area (Å²) in [5.41, 5.74) is 1.72. The Labute approximate surface area is 165 Å². The van der Waals surface area contributed by atoms with Crippen molar-refractivity contribution in [1.29, 1.82) is 5.26 Å². The average molecular weight is 398 g/mol. The third-order valence-electron chi connectivity index (χ3n) is 4.69. The fourth-order valence-electron chi connectivity index (χ4n) is 2.98. The first-order chi connectivity index (χ1) is 13.4. The summed E-state index contributed by atoms with van der Waals surface area (Å²) in [6, 6.07) is 15.1. The van der Waals surface area contributed by atoms with Gasteiger partial charge >= 0.3 is 0 Å². The number of nitrogens with zero attached hydrogens (tertiary/aromatic N) is 3. The minimum absolute atomic E-state index is 0.120. The molecule has 28 heavy (non-hydrogen) atoms. The maximum Gasteiger partial charge on any atom is 0.255 e. The van der Waals surface area contributed by atoms with Gasteiger partial charge in [0.25, 0.3) is 5.91 Å². The predicted molar refractivity (Wildman–Crippen MR) is 106 cm³/mol. The lowest BCUT2D eigenvalue weighted by atomic mass is 10.1. The van der Waals surface area contributed by atoms with Crippen LogP contribution in [0.1, 0.15) is 15.9 Å². The van der Waals surface area contributed by atoms with E-state index in [1.165, 1.54) is 16.4 Å². The molecule has 0 atom stereocenters. The van der Waals surface area contributed by atoms with E-state index in [0.29, 0.717) is 38.3 Å². The minimum atomic E-state index is -3.63. The van der Waals surface area contributed by atoms with Crippen LogP contribution in [0.25, 0.3) is 0 Å². The Morgan fingerprint density at radius 1 is 1.11 bits per heavy atom. The number of hydrogen-bond acceptors (Lipinski definition) is 5. The highest BCUT2D eigenvalue weighted by Gasteiger charge is 2.27. The number of amides is 1. The van der Waals surface area contributed by atoms with Crippen LogP contribution >= 0.6 is 0 Å². The number of anilines is 1. The van der Waals surface area contributed by atoms with E-state index in [9.17, 15) is 13.2 Å². The molecule has 1 fully saturated rings. The van der Waals surface area contributed by atoms with Crippen LogP contribution in [0.3, 0.4) is 0 Å². The second-order valence-corrected chi connectivity index (χ2v) is 8.66. The van der Waals surface area contributed by atoms with E-state index in [-0.39, 0.29) is 16.4 Å². The standard InChI is InChI=1S/C20H22N4O3S/c1-23-11-13-24(14-12-23)28(26,27)19-4-2-3-17(15-19)20(25)22-18-7-5-16(6-8-18)9-10-21/h2-8,15H,9,11-14H2,1H3,(H,22,25). The molecule has 0 bridgehead atoms. The van der Waals surface area contributed by atoms with Gasteiger partial charge in [-0.3, -0.25) is 4.79 Å². The van der Waals surface area contributed by atoms with Crippen molar-refractivity contribution in [2.75, 3.05) is 38.5 Å². The first-order valence-corrected chi connectivity index (χ1v) is 10.4. The van der Waals surface area contributed by atoms with Crippen molar-refractivity contribution < 1.29 is 13.2 Å². The summed E-state index contributed by atoms with van der Waals surface area (Å²) in [5.74, 6) is -0.386. The molecular formula is C20H22N4O3S. The van der Waals surface area contributed by atoms with E-state index in [1.807, 2.05) is 7.05 Å². The highest BCUT2D eigenvalue weighted by atomic mass is 32.2. The van der Waals surface area contributed by atoms with Gasteiger partial charge in [-0.1, -0.05) is 18.2 Å². The van der Waals surface area contributed by atoms with Gasteiger partial charge in [0.15, 0.2) is 0 Å². The van der Waals surface area contributed by atoms with E-state index in [4.69, 9.17) is 5.26 Å². The molecule has 8 heteroatoms. The van der Waals surface area contributed by atoms with Crippen molar-refractivity contribution in [2.45, 2.75) is 11.3 Å². The molecule has 1 aliphatic heterocycles. The SMILES string of the molecule is CN1CCN(S(=O)(=O)c2cccc(C(=O)Nc3ccc(CC#N)cc3)c2)CC1. The molecule has 1 amide bonds. The van der Waals surface area contributed by atoms with Gasteiger partial charge in [-0.15, -0.1) is 0 Å². The van der Waals surface area contributed by atoms with Gasteiger partial charge < -0.3 is 10.2 Å². The third kappa shape index (κ3) is 4.57. The van der Waals surface area contributed by atoms with E-state index in [2.05, 4.69) is 16.3 Å². The zero-order valence-corrected chi connectivity index (χ0v) is 16.4. The van der Waals surface area contributed by atoms with Gasteiger partial charge in [0.05, 0.1) is 17.4 Å². The molecule has 7 nitrogen and oxygen atoms in total. The lowest BCUT2D eigenvalue weighted by Gasteiger charge is -2.31. The summed E-state index contributed by atoms with van der Waals surface area (Å²) >= 11 is 0. The molecule has 0 saturated carbocycles. The zero-order chi connectivity index (χ0) is 20.1. The lowest BCUT2D eigenvalue weighted by molar-refractivity contribution is 0.102. The number of rotatable bonds is 5. The molecule has 3 rings (SSSR count). The first kappa shape index (κ1) is 20.0. The topological polar surface area (TPSA) is 93.5 Å². The smallest absolute Gasteiger partial charge is 0.255 e. The molecule has 2 aromatic rings. The Morgan fingerprint density at radius 2 is 1.79 bits per heavy atom. The number of hydrogen-bond donors (Lipinski definition) is 1. The summed E-state index contributed by atoms with van der Waals surface area (Å²) in [6.07, 6.45) is 0.306. The van der Waals surface area contributed by atoms with Gasteiger partial charge in [-0.2, -0.15) is 9.57 Å². The second kappa shape index (κ2) is 8.52. The maximum atomic E-state index is 12.9. The highest BCUT2D eigenvalue weighted by Crippen LogP contribution is 2.19. The normalized spacial score (nSPS) is 15.7. The Balaban J connectivity index is 1.75. The van der Waals surface area contributed by atoms with Crippen LogP contribution in [0.5, 0.6) is 0 Å². The molecule has 2 aromatic carbocycles. The number of likely N-dealkylation sites (N-methyl/N-ethyl adjacent to an activating group) is 1. The average Bonchev–Trinajstić information content (AvgIpc) is 2.70. The van der Waals surface area contributed by atoms with Crippen LogP contribution in [-0.4, -0.2) is 56.8 Å². The van der Waals surface area contributed by atoms with Crippen molar-refractivity contribution in [2.24, 2.45) is 0 Å². The molecule has 1 saturated heterocycles. The molecule has 0 aromatic heterocycles. The van der Waals surface area contributed by atoms with Crippen LogP contribution in [0, 0.1) is 11.3 Å². The van der Waals surface area contributed by atoms with E-state index >= 15 is 0 Å². The summed E-state index contributed by atoms with van der Waals surface area (Å²) in [7, 11) is -1.67. The van der Waals surface area contributed by atoms with Gasteiger partial charge in [0, 0.05) is 37.4 Å². The van der Waals surface area contributed by atoms with E-state index in [1.54, 1.807) is 36.4 Å². The van der Waals surface area contributed by atoms with Crippen LogP contribution in [0.2, 0.25) is 0 Å². The highest BCUT2D eigenvalue weighted by molar-refractivity contribution is 7.89. The van der Waals surface area contributed by atoms with E-state index in [0.717, 1.165) is 5.56 Å². The number of nitriles is 1. The van der Waals surface area contributed by atoms with Crippen LogP contribution in [0.15, 0.2) is 53.4 Å². The summed E-state index contributed by atoms with van der Waals surface area (Å²) < 4.78 is 27.2. The molecule has 146 valence electrons.